The van der Waals surface area contributed by atoms with Gasteiger partial charge in [-0.15, -0.1) is 0 Å². The van der Waals surface area contributed by atoms with E-state index in [-0.39, 0.29) is 24.2 Å². The Morgan fingerprint density at radius 3 is 2.79 bits per heavy atom. The van der Waals surface area contributed by atoms with Crippen LogP contribution in [0.25, 0.3) is 0 Å². The van der Waals surface area contributed by atoms with Crippen LogP contribution < -0.4 is 5.32 Å². The zero-order valence-electron chi connectivity index (χ0n) is 16.4. The van der Waals surface area contributed by atoms with Gasteiger partial charge in [0.2, 0.25) is 5.91 Å². The molecule has 1 atom stereocenters. The Hall–Kier alpha value is -2.21. The normalized spacial score (nSPS) is 21.5. The lowest BCUT2D eigenvalue weighted by Crippen LogP contribution is -2.26. The van der Waals surface area contributed by atoms with Crippen molar-refractivity contribution in [3.05, 3.63) is 39.8 Å². The van der Waals surface area contributed by atoms with E-state index >= 15 is 0 Å². The SMILES string of the molecule is Cc1ccc(NC(=O)CCC2=NC(=O)C3C(=N2)SC2=C3CCCCC2)cc1C. The van der Waals surface area contributed by atoms with Gasteiger partial charge in [0.1, 0.15) is 11.8 Å². The maximum atomic E-state index is 12.6. The van der Waals surface area contributed by atoms with E-state index in [4.69, 9.17) is 0 Å². The van der Waals surface area contributed by atoms with Crippen LogP contribution in [0.3, 0.4) is 0 Å². The summed E-state index contributed by atoms with van der Waals surface area (Å²) in [6, 6.07) is 5.86. The third-order valence-electron chi connectivity index (χ3n) is 5.62. The van der Waals surface area contributed by atoms with Gasteiger partial charge >= 0.3 is 0 Å². The van der Waals surface area contributed by atoms with Gasteiger partial charge in [-0.3, -0.25) is 9.59 Å². The van der Waals surface area contributed by atoms with Gasteiger partial charge in [0, 0.05) is 18.5 Å². The fourth-order valence-electron chi connectivity index (χ4n) is 3.90. The standard InChI is InChI=1S/C22H25N3O2S/c1-13-8-9-15(12-14(13)2)23-19(26)11-10-18-24-21(27)20-16-6-4-3-5-7-17(16)28-22(20)25-18/h8-9,12,20H,3-7,10-11H2,1-2H3,(H,23,26). The lowest BCUT2D eigenvalue weighted by Gasteiger charge is -2.16. The number of carbonyl (C=O) groups excluding carboxylic acids is 2. The number of benzene rings is 1. The van der Waals surface area contributed by atoms with Crippen molar-refractivity contribution >= 4 is 40.1 Å². The first-order valence-corrected chi connectivity index (χ1v) is 10.8. The Morgan fingerprint density at radius 1 is 1.14 bits per heavy atom. The number of fused-ring (bicyclic) bond motifs is 2. The zero-order valence-corrected chi connectivity index (χ0v) is 17.2. The van der Waals surface area contributed by atoms with Crippen molar-refractivity contribution in [2.45, 2.75) is 58.8 Å². The number of nitrogens with zero attached hydrogens (tertiary/aromatic N) is 2. The summed E-state index contributed by atoms with van der Waals surface area (Å²) in [6.07, 6.45) is 6.24. The topological polar surface area (TPSA) is 70.9 Å². The fourth-order valence-corrected chi connectivity index (χ4v) is 5.26. The van der Waals surface area contributed by atoms with Crippen molar-refractivity contribution in [1.82, 2.24) is 0 Å². The average molecular weight is 396 g/mol. The predicted molar refractivity (Wildman–Crippen MR) is 115 cm³/mol. The fraction of sp³-hybridized carbons (Fsp3) is 0.455. The number of aliphatic imine (C=N–C) groups is 2. The second-order valence-corrected chi connectivity index (χ2v) is 8.82. The molecule has 0 saturated carbocycles. The van der Waals surface area contributed by atoms with Crippen molar-refractivity contribution in [2.75, 3.05) is 5.32 Å². The van der Waals surface area contributed by atoms with Gasteiger partial charge in [0.25, 0.3) is 5.91 Å². The van der Waals surface area contributed by atoms with Gasteiger partial charge in [-0.25, -0.2) is 4.99 Å². The van der Waals surface area contributed by atoms with Gasteiger partial charge in [0.15, 0.2) is 0 Å². The summed E-state index contributed by atoms with van der Waals surface area (Å²) in [4.78, 5) is 35.1. The van der Waals surface area contributed by atoms with Crippen LogP contribution in [-0.2, 0) is 9.59 Å². The summed E-state index contributed by atoms with van der Waals surface area (Å²) in [5.41, 5.74) is 4.38. The van der Waals surface area contributed by atoms with Crippen molar-refractivity contribution in [3.63, 3.8) is 0 Å². The molecule has 0 aromatic heterocycles. The van der Waals surface area contributed by atoms with Crippen LogP contribution >= 0.6 is 11.8 Å². The molecule has 2 amide bonds. The quantitative estimate of drug-likeness (QED) is 0.785. The summed E-state index contributed by atoms with van der Waals surface area (Å²) in [5.74, 6) is 0.0468. The van der Waals surface area contributed by atoms with E-state index in [1.165, 1.54) is 28.9 Å². The van der Waals surface area contributed by atoms with Gasteiger partial charge < -0.3 is 5.32 Å². The molecule has 1 aromatic rings. The minimum absolute atomic E-state index is 0.0892. The number of aryl methyl sites for hydroxylation is 2. The first-order chi connectivity index (χ1) is 13.5. The number of allylic oxidation sites excluding steroid dienone is 1. The molecule has 0 radical (unpaired) electrons. The van der Waals surface area contributed by atoms with Crippen LogP contribution in [0.2, 0.25) is 0 Å². The number of rotatable bonds is 4. The highest BCUT2D eigenvalue weighted by molar-refractivity contribution is 8.17. The Bertz CT molecular complexity index is 930. The third kappa shape index (κ3) is 3.97. The van der Waals surface area contributed by atoms with Crippen molar-refractivity contribution < 1.29 is 9.59 Å². The van der Waals surface area contributed by atoms with Crippen molar-refractivity contribution in [3.8, 4) is 0 Å². The number of nitrogens with one attached hydrogen (secondary N) is 1. The van der Waals surface area contributed by atoms with Crippen molar-refractivity contribution in [1.29, 1.82) is 0 Å². The Balaban J connectivity index is 1.37. The molecule has 146 valence electrons. The summed E-state index contributed by atoms with van der Waals surface area (Å²) in [5, 5.41) is 3.79. The number of anilines is 1. The number of hydrogen-bond donors (Lipinski definition) is 1. The molecule has 0 bridgehead atoms. The number of hydrogen-bond acceptors (Lipinski definition) is 4. The summed E-state index contributed by atoms with van der Waals surface area (Å²) >= 11 is 1.67. The first-order valence-electron chi connectivity index (χ1n) is 9.98. The summed E-state index contributed by atoms with van der Waals surface area (Å²) in [6.45, 7) is 4.07. The molecular formula is C22H25N3O2S. The second kappa shape index (κ2) is 8.03. The molecule has 2 aliphatic heterocycles. The third-order valence-corrected chi connectivity index (χ3v) is 6.87. The molecule has 2 heterocycles. The molecule has 4 rings (SSSR count). The predicted octanol–water partition coefficient (Wildman–Crippen LogP) is 4.94. The molecule has 0 fully saturated rings. The molecule has 3 aliphatic rings. The molecule has 0 saturated heterocycles. The van der Waals surface area contributed by atoms with Crippen molar-refractivity contribution in [2.24, 2.45) is 15.9 Å². The minimum Gasteiger partial charge on any atom is -0.326 e. The van der Waals surface area contributed by atoms with Crippen LogP contribution in [0.1, 0.15) is 56.1 Å². The summed E-state index contributed by atoms with van der Waals surface area (Å²) in [7, 11) is 0. The van der Waals surface area contributed by atoms with Gasteiger partial charge in [-0.2, -0.15) is 4.99 Å². The van der Waals surface area contributed by atoms with E-state index in [0.29, 0.717) is 12.3 Å². The highest BCUT2D eigenvalue weighted by atomic mass is 32.2. The van der Waals surface area contributed by atoms with E-state index < -0.39 is 0 Å². The van der Waals surface area contributed by atoms with E-state index in [2.05, 4.69) is 15.3 Å². The number of carbonyl (C=O) groups is 2. The second-order valence-electron chi connectivity index (χ2n) is 7.71. The molecule has 1 aromatic carbocycles. The van der Waals surface area contributed by atoms with Gasteiger partial charge in [-0.05, 0) is 73.3 Å². The molecular weight excluding hydrogens is 370 g/mol. The smallest absolute Gasteiger partial charge is 0.261 e. The highest BCUT2D eigenvalue weighted by Crippen LogP contribution is 2.46. The van der Waals surface area contributed by atoms with Crippen LogP contribution in [0.15, 0.2) is 38.7 Å². The molecule has 1 unspecified atom stereocenters. The van der Waals surface area contributed by atoms with E-state index in [0.717, 1.165) is 35.6 Å². The lowest BCUT2D eigenvalue weighted by atomic mass is 9.94. The lowest BCUT2D eigenvalue weighted by molar-refractivity contribution is -0.119. The van der Waals surface area contributed by atoms with E-state index in [9.17, 15) is 9.59 Å². The molecule has 1 aliphatic carbocycles. The zero-order chi connectivity index (χ0) is 19.7. The molecule has 6 heteroatoms. The van der Waals surface area contributed by atoms with E-state index in [1.807, 2.05) is 32.0 Å². The minimum atomic E-state index is -0.244. The number of amides is 2. The van der Waals surface area contributed by atoms with Gasteiger partial charge in [-0.1, -0.05) is 24.2 Å². The van der Waals surface area contributed by atoms with Crippen LogP contribution in [-0.4, -0.2) is 22.7 Å². The van der Waals surface area contributed by atoms with Gasteiger partial charge in [0.05, 0.1) is 5.04 Å². The molecule has 28 heavy (non-hydrogen) atoms. The molecule has 0 spiro atoms. The van der Waals surface area contributed by atoms with Crippen LogP contribution in [0, 0.1) is 19.8 Å². The monoisotopic (exact) mass is 395 g/mol. The van der Waals surface area contributed by atoms with Crippen LogP contribution in [0.4, 0.5) is 5.69 Å². The molecule has 1 N–H and O–H groups in total. The van der Waals surface area contributed by atoms with Crippen LogP contribution in [0.5, 0.6) is 0 Å². The highest BCUT2D eigenvalue weighted by Gasteiger charge is 2.39. The van der Waals surface area contributed by atoms with E-state index in [1.54, 1.807) is 11.8 Å². The number of thioether (sulfide) groups is 1. The molecule has 5 nitrogen and oxygen atoms in total. The maximum absolute atomic E-state index is 12.6. The number of amidine groups is 1. The Morgan fingerprint density at radius 2 is 1.96 bits per heavy atom. The maximum Gasteiger partial charge on any atom is 0.261 e. The average Bonchev–Trinajstić information content (AvgIpc) is 2.85. The Kier molecular flexibility index (Phi) is 5.49. The largest absolute Gasteiger partial charge is 0.326 e. The Labute approximate surface area is 169 Å². The first kappa shape index (κ1) is 19.1. The summed E-state index contributed by atoms with van der Waals surface area (Å²) < 4.78 is 0.